The summed E-state index contributed by atoms with van der Waals surface area (Å²) in [6, 6.07) is 0. The van der Waals surface area contributed by atoms with Crippen molar-refractivity contribution in [3.63, 3.8) is 0 Å². The lowest BCUT2D eigenvalue weighted by Gasteiger charge is -2.10. The van der Waals surface area contributed by atoms with E-state index < -0.39 is 11.9 Å². The van der Waals surface area contributed by atoms with Gasteiger partial charge < -0.3 is 9.53 Å². The number of hydrogen-bond acceptors (Lipinski definition) is 4. The van der Waals surface area contributed by atoms with Crippen LogP contribution in [0.3, 0.4) is 0 Å². The molecule has 0 fully saturated rings. The van der Waals surface area contributed by atoms with Gasteiger partial charge in [-0.05, 0) is 27.2 Å². The molecule has 0 aromatic rings. The van der Waals surface area contributed by atoms with Crippen molar-refractivity contribution in [2.45, 2.75) is 33.6 Å². The molecule has 0 saturated heterocycles. The fraction of sp³-hybridized carbons (Fsp3) is 0.700. The second-order valence-corrected chi connectivity index (χ2v) is 3.16. The second kappa shape index (κ2) is 6.29. The van der Waals surface area contributed by atoms with E-state index in [1.807, 2.05) is 0 Å². The van der Waals surface area contributed by atoms with Crippen LogP contribution in [0.15, 0.2) is 0 Å². The van der Waals surface area contributed by atoms with E-state index in [1.54, 1.807) is 6.92 Å². The first-order valence-corrected chi connectivity index (χ1v) is 4.65. The van der Waals surface area contributed by atoms with Crippen molar-refractivity contribution < 1.29 is 19.1 Å². The van der Waals surface area contributed by atoms with E-state index in [2.05, 4.69) is 0 Å². The summed E-state index contributed by atoms with van der Waals surface area (Å²) < 4.78 is 4.73. The number of Topliss-reactive ketones (excluding diaryl/α,β-unsaturated/α-hetero) is 2. The van der Waals surface area contributed by atoms with Crippen LogP contribution in [0.5, 0.6) is 0 Å². The van der Waals surface area contributed by atoms with Crippen molar-refractivity contribution in [3.8, 4) is 0 Å². The lowest BCUT2D eigenvalue weighted by atomic mass is 9.98. The molecule has 80 valence electrons. The average Bonchev–Trinajstić information content (AvgIpc) is 2.03. The Bertz CT molecular complexity index is 232. The molecule has 0 rings (SSSR count). The van der Waals surface area contributed by atoms with Crippen LogP contribution in [-0.2, 0) is 19.1 Å². The van der Waals surface area contributed by atoms with Gasteiger partial charge in [-0.1, -0.05) is 0 Å². The van der Waals surface area contributed by atoms with E-state index in [-0.39, 0.29) is 31.0 Å². The molecule has 0 amide bonds. The smallest absolute Gasteiger partial charge is 0.316 e. The van der Waals surface area contributed by atoms with Gasteiger partial charge in [0.15, 0.2) is 0 Å². The zero-order chi connectivity index (χ0) is 11.1. The van der Waals surface area contributed by atoms with Gasteiger partial charge in [0.05, 0.1) is 6.61 Å². The van der Waals surface area contributed by atoms with E-state index >= 15 is 0 Å². The number of ketones is 2. The molecule has 4 nitrogen and oxygen atoms in total. The highest BCUT2D eigenvalue weighted by atomic mass is 16.5. The van der Waals surface area contributed by atoms with Crippen LogP contribution in [0.1, 0.15) is 33.6 Å². The molecule has 0 spiro atoms. The summed E-state index contributed by atoms with van der Waals surface area (Å²) in [6.45, 7) is 4.70. The van der Waals surface area contributed by atoms with E-state index in [0.29, 0.717) is 0 Å². The summed E-state index contributed by atoms with van der Waals surface area (Å²) in [6.07, 6.45) is 0.493. The van der Waals surface area contributed by atoms with Crippen molar-refractivity contribution in [1.82, 2.24) is 0 Å². The van der Waals surface area contributed by atoms with Crippen LogP contribution < -0.4 is 0 Å². The molecular weight excluding hydrogens is 184 g/mol. The predicted octanol–water partition coefficient (Wildman–Crippen LogP) is 1.12. The van der Waals surface area contributed by atoms with Gasteiger partial charge in [-0.25, -0.2) is 0 Å². The number of carbonyl (C=O) groups is 3. The largest absolute Gasteiger partial charge is 0.465 e. The van der Waals surface area contributed by atoms with Gasteiger partial charge in [0, 0.05) is 6.42 Å². The molecule has 14 heavy (non-hydrogen) atoms. The lowest BCUT2D eigenvalue weighted by molar-refractivity contribution is -0.151. The Morgan fingerprint density at radius 1 is 1.21 bits per heavy atom. The van der Waals surface area contributed by atoms with Crippen LogP contribution in [0, 0.1) is 5.92 Å². The molecule has 0 aliphatic heterocycles. The van der Waals surface area contributed by atoms with E-state index in [0.717, 1.165) is 0 Å². The Morgan fingerprint density at radius 2 is 1.79 bits per heavy atom. The molecule has 0 bridgehead atoms. The van der Waals surface area contributed by atoms with Crippen LogP contribution in [0.4, 0.5) is 0 Å². The molecule has 0 aromatic carbocycles. The highest BCUT2D eigenvalue weighted by Gasteiger charge is 2.24. The van der Waals surface area contributed by atoms with Gasteiger partial charge in [-0.2, -0.15) is 0 Å². The first-order valence-electron chi connectivity index (χ1n) is 4.65. The van der Waals surface area contributed by atoms with Crippen LogP contribution in [0.2, 0.25) is 0 Å². The summed E-state index contributed by atoms with van der Waals surface area (Å²) in [5.74, 6) is -1.58. The van der Waals surface area contributed by atoms with E-state index in [4.69, 9.17) is 4.74 Å². The van der Waals surface area contributed by atoms with Crippen LogP contribution >= 0.6 is 0 Å². The Morgan fingerprint density at radius 3 is 2.14 bits per heavy atom. The minimum atomic E-state index is -0.779. The van der Waals surface area contributed by atoms with E-state index in [1.165, 1.54) is 13.8 Å². The molecule has 0 radical (unpaired) electrons. The maximum atomic E-state index is 11.2. The van der Waals surface area contributed by atoms with Gasteiger partial charge in [0.25, 0.3) is 0 Å². The predicted molar refractivity (Wildman–Crippen MR) is 50.7 cm³/mol. The minimum absolute atomic E-state index is 0.0273. The van der Waals surface area contributed by atoms with Gasteiger partial charge in [0.1, 0.15) is 17.5 Å². The fourth-order valence-electron chi connectivity index (χ4n) is 1.08. The topological polar surface area (TPSA) is 60.4 Å². The Labute approximate surface area is 83.6 Å². The molecule has 1 atom stereocenters. The zero-order valence-corrected chi connectivity index (χ0v) is 8.83. The zero-order valence-electron chi connectivity index (χ0n) is 8.83. The maximum Gasteiger partial charge on any atom is 0.316 e. The Hall–Kier alpha value is -1.19. The third kappa shape index (κ3) is 4.74. The summed E-state index contributed by atoms with van der Waals surface area (Å²) in [5, 5.41) is 0. The Kier molecular flexibility index (Phi) is 5.76. The molecule has 0 aromatic heterocycles. The third-order valence-corrected chi connectivity index (χ3v) is 1.85. The van der Waals surface area contributed by atoms with Crippen molar-refractivity contribution in [2.75, 3.05) is 6.61 Å². The molecular formula is C10H16O4. The van der Waals surface area contributed by atoms with E-state index in [9.17, 15) is 14.4 Å². The molecule has 0 heterocycles. The standard InChI is InChI=1S/C10H16O4/c1-4-14-10(13)9(8(3)12)6-5-7(2)11/h9H,4-6H2,1-3H3. The minimum Gasteiger partial charge on any atom is -0.465 e. The summed E-state index contributed by atoms with van der Waals surface area (Å²) in [4.78, 5) is 33.0. The van der Waals surface area contributed by atoms with Gasteiger partial charge in [-0.15, -0.1) is 0 Å². The average molecular weight is 200 g/mol. The normalized spacial score (nSPS) is 11.9. The number of carbonyl (C=O) groups excluding carboxylic acids is 3. The molecule has 0 aliphatic carbocycles. The second-order valence-electron chi connectivity index (χ2n) is 3.16. The van der Waals surface area contributed by atoms with Crippen molar-refractivity contribution in [1.29, 1.82) is 0 Å². The lowest BCUT2D eigenvalue weighted by Crippen LogP contribution is -2.24. The number of rotatable bonds is 6. The highest BCUT2D eigenvalue weighted by Crippen LogP contribution is 2.10. The molecule has 1 unspecified atom stereocenters. The molecule has 0 aliphatic rings. The first kappa shape index (κ1) is 12.8. The summed E-state index contributed by atoms with van der Waals surface area (Å²) in [7, 11) is 0. The molecule has 4 heteroatoms. The van der Waals surface area contributed by atoms with Crippen LogP contribution in [-0.4, -0.2) is 24.1 Å². The summed E-state index contributed by atoms with van der Waals surface area (Å²) in [5.41, 5.74) is 0. The monoisotopic (exact) mass is 200 g/mol. The van der Waals surface area contributed by atoms with Gasteiger partial charge >= 0.3 is 5.97 Å². The SMILES string of the molecule is CCOC(=O)C(CCC(C)=O)C(C)=O. The van der Waals surface area contributed by atoms with Crippen molar-refractivity contribution in [2.24, 2.45) is 5.92 Å². The number of esters is 1. The first-order chi connectivity index (χ1) is 6.49. The van der Waals surface area contributed by atoms with Crippen LogP contribution in [0.25, 0.3) is 0 Å². The Balaban J connectivity index is 4.22. The quantitative estimate of drug-likeness (QED) is 0.476. The third-order valence-electron chi connectivity index (χ3n) is 1.85. The van der Waals surface area contributed by atoms with Crippen molar-refractivity contribution in [3.05, 3.63) is 0 Å². The molecule has 0 N–H and O–H groups in total. The number of hydrogen-bond donors (Lipinski definition) is 0. The summed E-state index contributed by atoms with van der Waals surface area (Å²) >= 11 is 0. The van der Waals surface area contributed by atoms with Gasteiger partial charge in [-0.3, -0.25) is 9.59 Å². The number of ether oxygens (including phenoxy) is 1. The van der Waals surface area contributed by atoms with Crippen molar-refractivity contribution >= 4 is 17.5 Å². The fourth-order valence-corrected chi connectivity index (χ4v) is 1.08. The molecule has 0 saturated carbocycles. The maximum absolute atomic E-state index is 11.2. The van der Waals surface area contributed by atoms with Gasteiger partial charge in [0.2, 0.25) is 0 Å². The highest BCUT2D eigenvalue weighted by molar-refractivity contribution is 5.98.